The van der Waals surface area contributed by atoms with Gasteiger partial charge in [0.15, 0.2) is 0 Å². The number of hydrogen-bond acceptors (Lipinski definition) is 5. The highest BCUT2D eigenvalue weighted by Crippen LogP contribution is 2.15. The number of amides is 1. The minimum Gasteiger partial charge on any atom is -0.377 e. The van der Waals surface area contributed by atoms with Gasteiger partial charge in [0.05, 0.1) is 11.0 Å². The summed E-state index contributed by atoms with van der Waals surface area (Å²) in [6.07, 6.45) is 3.75. The maximum Gasteiger partial charge on any atom is 0.251 e. The van der Waals surface area contributed by atoms with Gasteiger partial charge in [-0.1, -0.05) is 0 Å². The van der Waals surface area contributed by atoms with Crippen LogP contribution in [-0.2, 0) is 14.8 Å². The molecule has 3 atom stereocenters. The predicted octanol–water partition coefficient (Wildman–Crippen LogP) is 1.01. The lowest BCUT2D eigenvalue weighted by Crippen LogP contribution is -2.51. The average molecular weight is 381 g/mol. The van der Waals surface area contributed by atoms with Crippen molar-refractivity contribution in [3.05, 3.63) is 29.8 Å². The molecule has 1 amide bonds. The van der Waals surface area contributed by atoms with Gasteiger partial charge in [-0.25, -0.2) is 13.1 Å². The molecule has 3 N–H and O–H groups in total. The number of carbonyl (C=O) groups is 1. The number of hydrogen-bond donors (Lipinski definition) is 3. The van der Waals surface area contributed by atoms with E-state index in [2.05, 4.69) is 22.3 Å². The molecule has 2 aliphatic heterocycles. The molecule has 0 saturated carbocycles. The highest BCUT2D eigenvalue weighted by atomic mass is 32.2. The zero-order chi connectivity index (χ0) is 18.6. The van der Waals surface area contributed by atoms with Crippen LogP contribution in [0.2, 0.25) is 0 Å². The topological polar surface area (TPSA) is 96.5 Å². The van der Waals surface area contributed by atoms with Crippen LogP contribution in [0.1, 0.15) is 43.0 Å². The molecule has 0 aliphatic carbocycles. The van der Waals surface area contributed by atoms with Gasteiger partial charge in [0.25, 0.3) is 5.91 Å². The Hall–Kier alpha value is -1.48. The monoisotopic (exact) mass is 381 g/mol. The summed E-state index contributed by atoms with van der Waals surface area (Å²) in [4.78, 5) is 12.6. The Morgan fingerprint density at radius 3 is 2.65 bits per heavy atom. The van der Waals surface area contributed by atoms with Crippen molar-refractivity contribution in [2.75, 3.05) is 19.7 Å². The molecule has 2 heterocycles. The van der Waals surface area contributed by atoms with E-state index in [4.69, 9.17) is 4.74 Å². The number of nitrogens with one attached hydrogen (secondary N) is 3. The minimum absolute atomic E-state index is 0.0547. The second-order valence-electron chi connectivity index (χ2n) is 6.98. The third kappa shape index (κ3) is 4.82. The highest BCUT2D eigenvalue weighted by molar-refractivity contribution is 7.89. The fourth-order valence-corrected chi connectivity index (χ4v) is 4.44. The molecule has 2 saturated heterocycles. The Morgan fingerprint density at radius 2 is 2.00 bits per heavy atom. The van der Waals surface area contributed by atoms with Crippen LogP contribution in [-0.4, -0.2) is 52.2 Å². The number of ether oxygens (including phenoxy) is 1. The average Bonchev–Trinajstić information content (AvgIpc) is 3.16. The smallest absolute Gasteiger partial charge is 0.251 e. The Balaban J connectivity index is 1.58. The second-order valence-corrected chi connectivity index (χ2v) is 8.74. The normalized spacial score (nSPS) is 26.6. The minimum atomic E-state index is -3.60. The van der Waals surface area contributed by atoms with Gasteiger partial charge in [-0.05, 0) is 63.4 Å². The molecule has 0 radical (unpaired) electrons. The zero-order valence-electron chi connectivity index (χ0n) is 15.0. The van der Waals surface area contributed by atoms with Crippen molar-refractivity contribution < 1.29 is 17.9 Å². The summed E-state index contributed by atoms with van der Waals surface area (Å²) in [5, 5.41) is 6.36. The zero-order valence-corrected chi connectivity index (χ0v) is 15.8. The Labute approximate surface area is 154 Å². The fraction of sp³-hybridized carbons (Fsp3) is 0.611. The molecular formula is C18H27N3O4S. The maximum absolute atomic E-state index is 12.4. The van der Waals surface area contributed by atoms with E-state index in [1.807, 2.05) is 0 Å². The fourth-order valence-electron chi connectivity index (χ4n) is 3.37. The van der Waals surface area contributed by atoms with Crippen LogP contribution in [0, 0.1) is 0 Å². The lowest BCUT2D eigenvalue weighted by atomic mass is 9.99. The van der Waals surface area contributed by atoms with E-state index in [1.54, 1.807) is 12.1 Å². The third-order valence-corrected chi connectivity index (χ3v) is 6.47. The molecule has 3 rings (SSSR count). The van der Waals surface area contributed by atoms with Crippen LogP contribution in [0.4, 0.5) is 0 Å². The first-order chi connectivity index (χ1) is 12.5. The van der Waals surface area contributed by atoms with E-state index in [0.717, 1.165) is 32.2 Å². The van der Waals surface area contributed by atoms with Crippen LogP contribution in [0.25, 0.3) is 0 Å². The second kappa shape index (κ2) is 8.47. The molecule has 2 aliphatic rings. The van der Waals surface area contributed by atoms with Crippen LogP contribution < -0.4 is 15.4 Å². The standard InChI is InChI=1S/C18H27N3O4S/c1-13-17(5-2-10-19-13)21-18(22)14-6-8-16(9-7-14)26(23,24)20-12-15-4-3-11-25-15/h6-9,13,15,17,19-20H,2-5,10-12H2,1H3,(H,21,22). The number of carbonyl (C=O) groups excluding carboxylic acids is 1. The van der Waals surface area contributed by atoms with Crippen molar-refractivity contribution in [1.29, 1.82) is 0 Å². The largest absolute Gasteiger partial charge is 0.377 e. The van der Waals surface area contributed by atoms with E-state index in [9.17, 15) is 13.2 Å². The number of sulfonamides is 1. The van der Waals surface area contributed by atoms with Crippen LogP contribution >= 0.6 is 0 Å². The lowest BCUT2D eigenvalue weighted by Gasteiger charge is -2.30. The Kier molecular flexibility index (Phi) is 6.29. The van der Waals surface area contributed by atoms with Gasteiger partial charge in [0, 0.05) is 30.8 Å². The van der Waals surface area contributed by atoms with Crippen molar-refractivity contribution in [3.8, 4) is 0 Å². The van der Waals surface area contributed by atoms with Crippen molar-refractivity contribution in [2.45, 2.75) is 55.7 Å². The summed E-state index contributed by atoms with van der Waals surface area (Å²) in [5.41, 5.74) is 0.459. The molecule has 26 heavy (non-hydrogen) atoms. The molecule has 2 fully saturated rings. The predicted molar refractivity (Wildman–Crippen MR) is 98.6 cm³/mol. The highest BCUT2D eigenvalue weighted by Gasteiger charge is 2.24. The summed E-state index contributed by atoms with van der Waals surface area (Å²) in [6.45, 7) is 3.99. The number of benzene rings is 1. The van der Waals surface area contributed by atoms with E-state index in [1.165, 1.54) is 12.1 Å². The van der Waals surface area contributed by atoms with Crippen LogP contribution in [0.3, 0.4) is 0 Å². The van der Waals surface area contributed by atoms with Gasteiger partial charge >= 0.3 is 0 Å². The quantitative estimate of drug-likeness (QED) is 0.684. The van der Waals surface area contributed by atoms with Crippen molar-refractivity contribution >= 4 is 15.9 Å². The van der Waals surface area contributed by atoms with Crippen molar-refractivity contribution in [2.24, 2.45) is 0 Å². The summed E-state index contributed by atoms with van der Waals surface area (Å²) in [5.74, 6) is -0.179. The Morgan fingerprint density at radius 1 is 1.23 bits per heavy atom. The van der Waals surface area contributed by atoms with Crippen molar-refractivity contribution in [3.63, 3.8) is 0 Å². The molecule has 0 spiro atoms. The van der Waals surface area contributed by atoms with Crippen molar-refractivity contribution in [1.82, 2.24) is 15.4 Å². The van der Waals surface area contributed by atoms with E-state index < -0.39 is 10.0 Å². The van der Waals surface area contributed by atoms with Gasteiger partial charge in [0.1, 0.15) is 0 Å². The first kappa shape index (κ1) is 19.3. The van der Waals surface area contributed by atoms with Crippen LogP contribution in [0.5, 0.6) is 0 Å². The van der Waals surface area contributed by atoms with E-state index >= 15 is 0 Å². The molecule has 3 unspecified atom stereocenters. The molecule has 7 nitrogen and oxygen atoms in total. The third-order valence-electron chi connectivity index (χ3n) is 5.03. The van der Waals surface area contributed by atoms with Gasteiger partial charge < -0.3 is 15.4 Å². The van der Waals surface area contributed by atoms with E-state index in [-0.39, 0.29) is 35.5 Å². The molecule has 8 heteroatoms. The van der Waals surface area contributed by atoms with Crippen LogP contribution in [0.15, 0.2) is 29.2 Å². The SMILES string of the molecule is CC1NCCCC1NC(=O)c1ccc(S(=O)(=O)NCC2CCCO2)cc1. The van der Waals surface area contributed by atoms with Gasteiger partial charge in [0.2, 0.25) is 10.0 Å². The summed E-state index contributed by atoms with van der Waals surface area (Å²) in [6, 6.07) is 6.36. The number of piperidine rings is 1. The summed E-state index contributed by atoms with van der Waals surface area (Å²) in [7, 11) is -3.60. The molecule has 1 aromatic rings. The molecule has 1 aromatic carbocycles. The molecule has 0 aromatic heterocycles. The summed E-state index contributed by atoms with van der Waals surface area (Å²) < 4.78 is 32.7. The number of rotatable bonds is 6. The molecule has 0 bridgehead atoms. The Bertz CT molecular complexity index is 714. The molecular weight excluding hydrogens is 354 g/mol. The molecule has 144 valence electrons. The first-order valence-electron chi connectivity index (χ1n) is 9.21. The van der Waals surface area contributed by atoms with Gasteiger partial charge in [-0.3, -0.25) is 4.79 Å². The maximum atomic E-state index is 12.4. The van der Waals surface area contributed by atoms with Gasteiger partial charge in [-0.2, -0.15) is 0 Å². The lowest BCUT2D eigenvalue weighted by molar-refractivity contribution is 0.0919. The first-order valence-corrected chi connectivity index (χ1v) is 10.7. The van der Waals surface area contributed by atoms with Gasteiger partial charge in [-0.15, -0.1) is 0 Å². The van der Waals surface area contributed by atoms with E-state index in [0.29, 0.717) is 12.2 Å². The summed E-state index contributed by atoms with van der Waals surface area (Å²) >= 11 is 0.